The number of phenolic OH excluding ortho intramolecular Hbond substituents is 2. The van der Waals surface area contributed by atoms with Gasteiger partial charge in [-0.05, 0) is 32.4 Å². The van der Waals surface area contributed by atoms with E-state index in [0.717, 1.165) is 6.08 Å². The predicted molar refractivity (Wildman–Crippen MR) is 178 cm³/mol. The van der Waals surface area contributed by atoms with E-state index in [2.05, 4.69) is 0 Å². The molecule has 0 bridgehead atoms. The minimum Gasteiger partial charge on any atom is -0.507 e. The van der Waals surface area contributed by atoms with Crippen LogP contribution < -0.4 is 0 Å². The van der Waals surface area contributed by atoms with Crippen molar-refractivity contribution in [3.05, 3.63) is 34.9 Å². The molecular formula is C34H48O23. The third-order valence-corrected chi connectivity index (χ3v) is 11.7. The van der Waals surface area contributed by atoms with E-state index in [1.165, 1.54) is 13.8 Å². The van der Waals surface area contributed by atoms with Gasteiger partial charge in [-0.1, -0.05) is 11.6 Å². The standard InChI is InChI=1S/C34H48O23/c1-10(2)3-6-16(40)30(32(52)27(49)22(44)19(41)13(7-35)55-32)25(47)17-11(38)4-5-12(39)18(17)26(48)31(30,33(53)28(50)23(45)20(42)14(8-36)56-33)34(54)29(51)24(46)21(43)15(9-37)57-34/h3-5,13-16,19-24,27-29,35-46,49-54H,6-9H2,1-2H3/t13-,14-,15-,16-,19-,20-,21-,22+,23+,24+,27-,28-,29-,30?,31?,32?,33?,34?/m1/s1. The van der Waals surface area contributed by atoms with Crippen LogP contribution in [0.2, 0.25) is 0 Å². The molecule has 5 rings (SSSR count). The highest BCUT2D eigenvalue weighted by atomic mass is 16.7. The summed E-state index contributed by atoms with van der Waals surface area (Å²) in [7, 11) is 0. The van der Waals surface area contributed by atoms with E-state index >= 15 is 9.59 Å². The molecule has 57 heavy (non-hydrogen) atoms. The number of rotatable bonds is 9. The molecule has 1 aromatic rings. The fourth-order valence-corrected chi connectivity index (χ4v) is 8.92. The Balaban J connectivity index is 2.20. The smallest absolute Gasteiger partial charge is 0.215 e. The first kappa shape index (κ1) is 45.2. The van der Waals surface area contributed by atoms with Gasteiger partial charge in [0.1, 0.15) is 90.2 Å². The van der Waals surface area contributed by atoms with Gasteiger partial charge in [-0.3, -0.25) is 9.59 Å². The van der Waals surface area contributed by atoms with Crippen LogP contribution in [0.15, 0.2) is 23.8 Å². The number of carbonyl (C=O) groups excluding carboxylic acids is 2. The number of carbonyl (C=O) groups is 2. The van der Waals surface area contributed by atoms with E-state index in [4.69, 9.17) is 14.2 Å². The van der Waals surface area contributed by atoms with Gasteiger partial charge in [0.05, 0.1) is 37.1 Å². The largest absolute Gasteiger partial charge is 0.507 e. The maximum atomic E-state index is 15.9. The maximum absolute atomic E-state index is 15.9. The summed E-state index contributed by atoms with van der Waals surface area (Å²) in [6, 6.07) is 1.11. The molecule has 4 unspecified atom stereocenters. The summed E-state index contributed by atoms with van der Waals surface area (Å²) < 4.78 is 16.5. The van der Waals surface area contributed by atoms with E-state index in [0.29, 0.717) is 12.1 Å². The van der Waals surface area contributed by atoms with Gasteiger partial charge >= 0.3 is 0 Å². The molecule has 1 aliphatic carbocycles. The Morgan fingerprint density at radius 1 is 0.614 bits per heavy atom. The summed E-state index contributed by atoms with van der Waals surface area (Å²) in [5.74, 6) is -21.2. The maximum Gasteiger partial charge on any atom is 0.215 e. The number of allylic oxidation sites excluding steroid dienone is 1. The molecule has 0 spiro atoms. The molecule has 3 fully saturated rings. The molecule has 4 aliphatic rings. The quantitative estimate of drug-likeness (QED) is 0.0812. The number of benzene rings is 1. The van der Waals surface area contributed by atoms with Crippen molar-refractivity contribution in [1.82, 2.24) is 0 Å². The van der Waals surface area contributed by atoms with Gasteiger partial charge in [0.2, 0.25) is 17.4 Å². The monoisotopic (exact) mass is 824 g/mol. The van der Waals surface area contributed by atoms with E-state index < -0.39 is 168 Å². The molecule has 18 N–H and O–H groups in total. The van der Waals surface area contributed by atoms with Crippen molar-refractivity contribution < 1.29 is 116 Å². The van der Waals surface area contributed by atoms with E-state index in [1.807, 2.05) is 0 Å². The number of hydrogen-bond acceptors (Lipinski definition) is 23. The number of aliphatic hydroxyl groups is 16. The summed E-state index contributed by atoms with van der Waals surface area (Å²) in [6.07, 6.45) is -36.9. The molecule has 23 heteroatoms. The molecule has 1 aromatic carbocycles. The van der Waals surface area contributed by atoms with Gasteiger partial charge in [-0.25, -0.2) is 0 Å². The van der Waals surface area contributed by atoms with Gasteiger partial charge < -0.3 is 106 Å². The van der Waals surface area contributed by atoms with Crippen LogP contribution in [-0.2, 0) is 14.2 Å². The lowest BCUT2D eigenvalue weighted by molar-refractivity contribution is -0.501. The summed E-state index contributed by atoms with van der Waals surface area (Å²) >= 11 is 0. The second kappa shape index (κ2) is 15.3. The van der Waals surface area contributed by atoms with Gasteiger partial charge in [0.15, 0.2) is 17.0 Å². The SMILES string of the molecule is CC(C)=CC[C@@H](O)C1(C2(O)O[C@H](CO)[C@@H](O)[C@H](O)[C@H]2O)C(=O)c2c(O)ccc(O)c2C(=O)C1(C1(O)O[C@H](CO)[C@@H](O)[C@H](O)[C@H]1O)C1(O)O[C@H](CO)[C@@H](O)[C@H](O)[C@H]1O. The molecular weight excluding hydrogens is 776 g/mol. The van der Waals surface area contributed by atoms with Crippen molar-refractivity contribution in [1.29, 1.82) is 0 Å². The van der Waals surface area contributed by atoms with Crippen LogP contribution >= 0.6 is 0 Å². The summed E-state index contributed by atoms with van der Waals surface area (Å²) in [5, 5.41) is 206. The average Bonchev–Trinajstić information content (AvgIpc) is 3.17. The van der Waals surface area contributed by atoms with Crippen LogP contribution in [-0.4, -0.2) is 220 Å². The number of Topliss-reactive ketones (excluding diaryl/α,β-unsaturated/α-hetero) is 2. The lowest BCUT2D eigenvalue weighted by Crippen LogP contribution is -2.93. The van der Waals surface area contributed by atoms with Crippen LogP contribution in [0.25, 0.3) is 0 Å². The highest BCUT2D eigenvalue weighted by Crippen LogP contribution is 2.71. The van der Waals surface area contributed by atoms with E-state index in [9.17, 15) is 91.9 Å². The lowest BCUT2D eigenvalue weighted by atomic mass is 9.39. The summed E-state index contributed by atoms with van der Waals surface area (Å²) in [5.41, 5.74) is -12.2. The van der Waals surface area contributed by atoms with Crippen molar-refractivity contribution in [3.63, 3.8) is 0 Å². The molecule has 23 nitrogen and oxygen atoms in total. The number of fused-ring (bicyclic) bond motifs is 1. The summed E-state index contributed by atoms with van der Waals surface area (Å²) in [6.45, 7) is -1.71. The minimum absolute atomic E-state index is 0.240. The first-order valence-corrected chi connectivity index (χ1v) is 17.5. The van der Waals surface area contributed by atoms with Crippen LogP contribution in [0.5, 0.6) is 11.5 Å². The highest BCUT2D eigenvalue weighted by Gasteiger charge is 2.93. The molecule has 3 heterocycles. The lowest BCUT2D eigenvalue weighted by Gasteiger charge is -2.70. The first-order chi connectivity index (χ1) is 26.4. The number of ether oxygens (including phenoxy) is 3. The molecule has 322 valence electrons. The Morgan fingerprint density at radius 2 is 0.947 bits per heavy atom. The average molecular weight is 825 g/mol. The van der Waals surface area contributed by atoms with Gasteiger partial charge in [-0.2, -0.15) is 0 Å². The number of aliphatic hydroxyl groups excluding tert-OH is 13. The Bertz CT molecular complexity index is 1690. The van der Waals surface area contributed by atoms with Gasteiger partial charge in [-0.15, -0.1) is 0 Å². The third-order valence-electron chi connectivity index (χ3n) is 11.7. The van der Waals surface area contributed by atoms with E-state index in [1.54, 1.807) is 0 Å². The van der Waals surface area contributed by atoms with Crippen molar-refractivity contribution in [2.45, 2.75) is 117 Å². The first-order valence-electron chi connectivity index (χ1n) is 17.5. The Labute approximate surface area is 321 Å². The second-order valence-corrected chi connectivity index (χ2v) is 15.0. The molecule has 0 aromatic heterocycles. The van der Waals surface area contributed by atoms with Crippen LogP contribution in [0, 0.1) is 10.8 Å². The van der Waals surface area contributed by atoms with Crippen LogP contribution in [0.3, 0.4) is 0 Å². The Hall–Kier alpha value is -2.86. The predicted octanol–water partition coefficient (Wildman–Crippen LogP) is -8.35. The molecule has 3 aliphatic heterocycles. The van der Waals surface area contributed by atoms with Crippen molar-refractivity contribution in [2.75, 3.05) is 19.8 Å². The van der Waals surface area contributed by atoms with E-state index in [-0.39, 0.29) is 5.57 Å². The normalized spacial score (nSPS) is 47.0. The fraction of sp³-hybridized carbons (Fsp3) is 0.706. The van der Waals surface area contributed by atoms with Crippen LogP contribution in [0.1, 0.15) is 41.0 Å². The molecule has 0 amide bonds. The third kappa shape index (κ3) is 5.70. The van der Waals surface area contributed by atoms with Crippen LogP contribution in [0.4, 0.5) is 0 Å². The number of phenols is 2. The molecule has 3 saturated heterocycles. The molecule has 17 atom stereocenters. The van der Waals surface area contributed by atoms with Gasteiger partial charge in [0.25, 0.3) is 0 Å². The fourth-order valence-electron chi connectivity index (χ4n) is 8.92. The molecule has 0 saturated carbocycles. The zero-order chi connectivity index (χ0) is 43.1. The van der Waals surface area contributed by atoms with Crippen molar-refractivity contribution in [2.24, 2.45) is 10.8 Å². The number of aromatic hydroxyl groups is 2. The zero-order valence-corrected chi connectivity index (χ0v) is 30.2. The second-order valence-electron chi connectivity index (χ2n) is 15.0. The highest BCUT2D eigenvalue weighted by molar-refractivity contribution is 6.23. The minimum atomic E-state index is -4.88. The number of hydrogen-bond donors (Lipinski definition) is 18. The van der Waals surface area contributed by atoms with Crippen molar-refractivity contribution in [3.8, 4) is 11.5 Å². The summed E-state index contributed by atoms with van der Waals surface area (Å²) in [4.78, 5) is 31.7. The van der Waals surface area contributed by atoms with Crippen molar-refractivity contribution >= 4 is 11.6 Å². The topological polar surface area (TPSA) is 426 Å². The Kier molecular flexibility index (Phi) is 12.1. The number of ketones is 2. The molecule has 0 radical (unpaired) electrons. The Morgan fingerprint density at radius 3 is 1.30 bits per heavy atom. The zero-order valence-electron chi connectivity index (χ0n) is 30.2. The van der Waals surface area contributed by atoms with Gasteiger partial charge in [0, 0.05) is 0 Å².